The highest BCUT2D eigenvalue weighted by atomic mass is 32.2. The van der Waals surface area contributed by atoms with E-state index in [0.29, 0.717) is 34.6 Å². The number of aryl methyl sites for hydroxylation is 3. The quantitative estimate of drug-likeness (QED) is 0.189. The first-order valence-electron chi connectivity index (χ1n) is 13.9. The van der Waals surface area contributed by atoms with Crippen molar-refractivity contribution in [2.45, 2.75) is 63.4 Å². The van der Waals surface area contributed by atoms with Crippen LogP contribution in [0.1, 0.15) is 30.3 Å². The molecule has 43 heavy (non-hydrogen) atoms. The number of halogens is 1. The number of nitrogens with zero attached hydrogens (tertiary/aromatic N) is 4. The molecule has 3 aromatic heterocycles. The fraction of sp³-hybridized carbons (Fsp3) is 0.448. The summed E-state index contributed by atoms with van der Waals surface area (Å²) in [6, 6.07) is 4.78. The minimum atomic E-state index is -3.86. The lowest BCUT2D eigenvalue weighted by Crippen LogP contribution is -2.36. The average molecular weight is 631 g/mol. The topological polar surface area (TPSA) is 159 Å². The van der Waals surface area contributed by atoms with Crippen molar-refractivity contribution >= 4 is 43.2 Å². The lowest BCUT2D eigenvalue weighted by atomic mass is 10.1. The zero-order valence-electron chi connectivity index (χ0n) is 24.5. The highest BCUT2D eigenvalue weighted by molar-refractivity contribution is 7.91. The molecule has 3 heterocycles. The Kier molecular flexibility index (Phi) is 8.95. The van der Waals surface area contributed by atoms with Crippen molar-refractivity contribution < 1.29 is 27.8 Å². The number of hydrogen-bond donors (Lipinski definition) is 4. The maximum absolute atomic E-state index is 13.8. The van der Waals surface area contributed by atoms with Crippen molar-refractivity contribution in [3.63, 3.8) is 0 Å². The number of methoxy groups -OCH3 is 1. The standard InChI is InChI=1S/C29H35FN6O5S2/c1-14-10-19(6-7-20(14)30)43(39,40)13-18-11-21(26(38)25(18)37)34-27-23(16(3)33-29(36-27)32-12-15(2)41-5)28-35-24-17(4)31-9-8-22(24)42-28/h6-10,15,18,21,25-26,37-38H,11-13H2,1-5H3,(H2,32,33,34,36)/t15-,18-,21-,25-,26+/m1/s1. The zero-order valence-corrected chi connectivity index (χ0v) is 26.1. The smallest absolute Gasteiger partial charge is 0.224 e. The Morgan fingerprint density at radius 3 is 2.58 bits per heavy atom. The van der Waals surface area contributed by atoms with Crippen LogP contribution in [0.4, 0.5) is 16.2 Å². The number of nitrogens with one attached hydrogen (secondary N) is 2. The zero-order chi connectivity index (χ0) is 31.1. The predicted octanol–water partition coefficient (Wildman–Crippen LogP) is 3.66. The van der Waals surface area contributed by atoms with E-state index in [9.17, 15) is 23.0 Å². The molecular weight excluding hydrogens is 595 g/mol. The molecule has 230 valence electrons. The molecule has 5 atom stereocenters. The van der Waals surface area contributed by atoms with Crippen molar-refractivity contribution in [1.29, 1.82) is 0 Å². The summed E-state index contributed by atoms with van der Waals surface area (Å²) in [4.78, 5) is 18.5. The average Bonchev–Trinajstić information content (AvgIpc) is 3.50. The molecule has 11 nitrogen and oxygen atoms in total. The van der Waals surface area contributed by atoms with Gasteiger partial charge >= 0.3 is 0 Å². The van der Waals surface area contributed by atoms with Crippen molar-refractivity contribution in [3.8, 4) is 10.6 Å². The van der Waals surface area contributed by atoms with Crippen LogP contribution >= 0.6 is 11.3 Å². The van der Waals surface area contributed by atoms with E-state index in [4.69, 9.17) is 14.7 Å². The summed E-state index contributed by atoms with van der Waals surface area (Å²) in [5.74, 6) is -0.953. The lowest BCUT2D eigenvalue weighted by molar-refractivity contribution is 0.0216. The van der Waals surface area contributed by atoms with E-state index in [1.54, 1.807) is 13.3 Å². The number of sulfone groups is 1. The van der Waals surface area contributed by atoms with Gasteiger partial charge in [0, 0.05) is 25.8 Å². The number of thiazole rings is 1. The van der Waals surface area contributed by atoms with Gasteiger partial charge in [-0.05, 0) is 63.9 Å². The van der Waals surface area contributed by atoms with Crippen LogP contribution in [0, 0.1) is 32.5 Å². The summed E-state index contributed by atoms with van der Waals surface area (Å²) < 4.78 is 46.4. The van der Waals surface area contributed by atoms with Crippen LogP contribution in [-0.2, 0) is 14.6 Å². The first-order chi connectivity index (χ1) is 20.4. The molecule has 0 spiro atoms. The van der Waals surface area contributed by atoms with Crippen molar-refractivity contribution in [2.24, 2.45) is 5.92 Å². The van der Waals surface area contributed by atoms with Crippen LogP contribution in [0.15, 0.2) is 35.4 Å². The molecule has 1 aromatic carbocycles. The molecule has 0 aliphatic heterocycles. The van der Waals surface area contributed by atoms with Gasteiger partial charge in [0.25, 0.3) is 0 Å². The highest BCUT2D eigenvalue weighted by Gasteiger charge is 2.44. The first kappa shape index (κ1) is 31.1. The third-order valence-electron chi connectivity index (χ3n) is 7.79. The molecule has 5 rings (SSSR count). The highest BCUT2D eigenvalue weighted by Crippen LogP contribution is 2.39. The second kappa shape index (κ2) is 12.4. The molecule has 0 bridgehead atoms. The van der Waals surface area contributed by atoms with E-state index in [1.165, 1.54) is 30.4 Å². The number of aromatic nitrogens is 4. The molecule has 4 N–H and O–H groups in total. The van der Waals surface area contributed by atoms with Gasteiger partial charge < -0.3 is 25.6 Å². The molecule has 1 aliphatic carbocycles. The number of aliphatic hydroxyl groups is 2. The van der Waals surface area contributed by atoms with Crippen molar-refractivity contribution in [3.05, 3.63) is 53.2 Å². The van der Waals surface area contributed by atoms with Gasteiger partial charge in [0.15, 0.2) is 9.84 Å². The predicted molar refractivity (Wildman–Crippen MR) is 164 cm³/mol. The van der Waals surface area contributed by atoms with Gasteiger partial charge in [0.05, 0.1) is 50.5 Å². The van der Waals surface area contributed by atoms with Crippen LogP contribution in [0.2, 0.25) is 0 Å². The maximum atomic E-state index is 13.8. The number of anilines is 2. The lowest BCUT2D eigenvalue weighted by Gasteiger charge is -2.21. The molecular formula is C29H35FN6O5S2. The Hall–Kier alpha value is -3.30. The number of pyridine rings is 1. The molecule has 0 amide bonds. The Morgan fingerprint density at radius 1 is 1.12 bits per heavy atom. The molecule has 0 radical (unpaired) electrons. The van der Waals surface area contributed by atoms with Gasteiger partial charge in [-0.1, -0.05) is 0 Å². The third-order valence-corrected chi connectivity index (χ3v) is 10.7. The van der Waals surface area contributed by atoms with Gasteiger partial charge in [0.1, 0.15) is 28.3 Å². The second-order valence-electron chi connectivity index (χ2n) is 11.0. The number of fused-ring (bicyclic) bond motifs is 1. The molecule has 1 saturated carbocycles. The van der Waals surface area contributed by atoms with Gasteiger partial charge in [-0.25, -0.2) is 22.8 Å². The van der Waals surface area contributed by atoms with E-state index in [0.717, 1.165) is 22.0 Å². The van der Waals surface area contributed by atoms with E-state index in [-0.39, 0.29) is 23.0 Å². The fourth-order valence-corrected chi connectivity index (χ4v) is 8.05. The monoisotopic (exact) mass is 630 g/mol. The summed E-state index contributed by atoms with van der Waals surface area (Å²) >= 11 is 1.46. The second-order valence-corrected chi connectivity index (χ2v) is 14.0. The largest absolute Gasteiger partial charge is 0.390 e. The molecule has 0 saturated heterocycles. The van der Waals surface area contributed by atoms with E-state index in [1.807, 2.05) is 26.8 Å². The Balaban J connectivity index is 1.46. The van der Waals surface area contributed by atoms with Crippen LogP contribution in [0.25, 0.3) is 20.8 Å². The van der Waals surface area contributed by atoms with Gasteiger partial charge in [0.2, 0.25) is 5.95 Å². The minimum absolute atomic E-state index is 0.0279. The van der Waals surface area contributed by atoms with E-state index >= 15 is 0 Å². The summed E-state index contributed by atoms with van der Waals surface area (Å²) in [6.45, 7) is 7.57. The van der Waals surface area contributed by atoms with Gasteiger partial charge in [-0.3, -0.25) is 4.98 Å². The normalized spacial score (nSPS) is 21.3. The molecule has 4 aromatic rings. The van der Waals surface area contributed by atoms with Gasteiger partial charge in [-0.15, -0.1) is 11.3 Å². The summed E-state index contributed by atoms with van der Waals surface area (Å²) in [5.41, 5.74) is 3.03. The number of rotatable bonds is 10. The van der Waals surface area contributed by atoms with Crippen LogP contribution in [0.3, 0.4) is 0 Å². The summed E-state index contributed by atoms with van der Waals surface area (Å²) in [7, 11) is -2.25. The van der Waals surface area contributed by atoms with E-state index in [2.05, 4.69) is 20.6 Å². The van der Waals surface area contributed by atoms with Gasteiger partial charge in [-0.2, -0.15) is 4.98 Å². The van der Waals surface area contributed by atoms with Crippen molar-refractivity contribution in [1.82, 2.24) is 19.9 Å². The number of benzene rings is 1. The Bertz CT molecular complexity index is 1750. The van der Waals surface area contributed by atoms with Crippen LogP contribution in [0.5, 0.6) is 0 Å². The number of ether oxygens (including phenoxy) is 1. The van der Waals surface area contributed by atoms with Crippen LogP contribution < -0.4 is 10.6 Å². The summed E-state index contributed by atoms with van der Waals surface area (Å²) in [6.07, 6.45) is -0.805. The Morgan fingerprint density at radius 2 is 1.88 bits per heavy atom. The SMILES string of the molecule is CO[C@H](C)CNc1nc(C)c(-c2nc3c(C)nccc3s2)c(N[C@@H]2C[C@H](CS(=O)(=O)c3ccc(F)c(C)c3)[C@@H](O)[C@H]2O)n1. The van der Waals surface area contributed by atoms with Crippen LogP contribution in [-0.4, -0.2) is 82.3 Å². The summed E-state index contributed by atoms with van der Waals surface area (Å²) in [5, 5.41) is 29.1. The molecule has 1 fully saturated rings. The molecule has 14 heteroatoms. The Labute approximate surface area is 253 Å². The number of hydrogen-bond acceptors (Lipinski definition) is 12. The van der Waals surface area contributed by atoms with Crippen molar-refractivity contribution in [2.75, 3.05) is 30.0 Å². The van der Waals surface area contributed by atoms with E-state index < -0.39 is 45.6 Å². The maximum Gasteiger partial charge on any atom is 0.224 e. The fourth-order valence-electron chi connectivity index (χ4n) is 5.22. The minimum Gasteiger partial charge on any atom is -0.390 e. The molecule has 1 aliphatic rings. The number of aliphatic hydroxyl groups excluding tert-OH is 2. The molecule has 0 unspecified atom stereocenters. The first-order valence-corrected chi connectivity index (χ1v) is 16.3. The third kappa shape index (κ3) is 6.48.